The van der Waals surface area contributed by atoms with E-state index in [1.165, 1.54) is 6.33 Å². The highest BCUT2D eigenvalue weighted by Gasteiger charge is 2.29. The lowest BCUT2D eigenvalue weighted by Crippen LogP contribution is -2.28. The van der Waals surface area contributed by atoms with Gasteiger partial charge >= 0.3 is 11.9 Å². The van der Waals surface area contributed by atoms with Crippen molar-refractivity contribution in [2.75, 3.05) is 5.32 Å². The highest BCUT2D eigenvalue weighted by molar-refractivity contribution is 5.94. The summed E-state index contributed by atoms with van der Waals surface area (Å²) in [6.45, 7) is 12.5. The number of carbonyl (C=O) groups excluding carboxylic acids is 2. The van der Waals surface area contributed by atoms with Crippen LogP contribution in [-0.4, -0.2) is 21.9 Å². The highest BCUT2D eigenvalue weighted by Crippen LogP contribution is 2.37. The van der Waals surface area contributed by atoms with Gasteiger partial charge in [-0.2, -0.15) is 0 Å². The summed E-state index contributed by atoms with van der Waals surface area (Å²) >= 11 is 0. The van der Waals surface area contributed by atoms with E-state index in [1.807, 2.05) is 31.2 Å². The Morgan fingerprint density at radius 1 is 0.844 bits per heavy atom. The molecule has 0 bridgehead atoms. The summed E-state index contributed by atoms with van der Waals surface area (Å²) in [6.07, 6.45) is 1.43. The molecule has 0 aliphatic carbocycles. The zero-order valence-electron chi connectivity index (χ0n) is 19.6. The van der Waals surface area contributed by atoms with Crippen molar-refractivity contribution in [2.24, 2.45) is 10.8 Å². The van der Waals surface area contributed by atoms with Crippen LogP contribution in [0.1, 0.15) is 47.1 Å². The number of nitrogens with zero attached hydrogens (tertiary/aromatic N) is 2. The van der Waals surface area contributed by atoms with Crippen LogP contribution in [0.5, 0.6) is 11.5 Å². The predicted octanol–water partition coefficient (Wildman–Crippen LogP) is 5.58. The van der Waals surface area contributed by atoms with Gasteiger partial charge in [0.05, 0.1) is 16.3 Å². The number of nitrogens with one attached hydrogen (secondary N) is 1. The number of para-hydroxylation sites is 1. The summed E-state index contributed by atoms with van der Waals surface area (Å²) in [5, 5.41) is 3.94. The maximum Gasteiger partial charge on any atom is 0.316 e. The van der Waals surface area contributed by atoms with Gasteiger partial charge in [-0.1, -0.05) is 18.2 Å². The van der Waals surface area contributed by atoms with Crippen molar-refractivity contribution in [3.63, 3.8) is 0 Å². The predicted molar refractivity (Wildman–Crippen MR) is 124 cm³/mol. The number of hydrogen-bond acceptors (Lipinski definition) is 7. The van der Waals surface area contributed by atoms with Gasteiger partial charge in [0.25, 0.3) is 0 Å². The van der Waals surface area contributed by atoms with Crippen molar-refractivity contribution in [3.8, 4) is 11.5 Å². The summed E-state index contributed by atoms with van der Waals surface area (Å²) in [5.74, 6) is -0.0772. The molecule has 0 saturated carbocycles. The number of anilines is 2. The maximum atomic E-state index is 12.6. The summed E-state index contributed by atoms with van der Waals surface area (Å²) in [4.78, 5) is 33.9. The largest absolute Gasteiger partial charge is 0.422 e. The molecule has 0 amide bonds. The van der Waals surface area contributed by atoms with Crippen molar-refractivity contribution in [2.45, 2.75) is 48.5 Å². The number of benzene rings is 2. The monoisotopic (exact) mass is 435 g/mol. The van der Waals surface area contributed by atoms with Crippen molar-refractivity contribution < 1.29 is 19.1 Å². The Morgan fingerprint density at radius 3 is 1.97 bits per heavy atom. The molecule has 3 aromatic rings. The molecule has 32 heavy (non-hydrogen) atoms. The molecule has 0 aliphatic rings. The first-order valence-electron chi connectivity index (χ1n) is 10.4. The molecule has 0 atom stereocenters. The van der Waals surface area contributed by atoms with Gasteiger partial charge in [-0.05, 0) is 66.2 Å². The quantitative estimate of drug-likeness (QED) is 0.422. The second-order valence-corrected chi connectivity index (χ2v) is 9.76. The Hall–Kier alpha value is -3.48. The van der Waals surface area contributed by atoms with E-state index in [2.05, 4.69) is 15.3 Å². The molecule has 1 aromatic heterocycles. The molecular weight excluding hydrogens is 406 g/mol. The minimum Gasteiger partial charge on any atom is -0.422 e. The Labute approximate surface area is 188 Å². The minimum absolute atomic E-state index is 0.135. The van der Waals surface area contributed by atoms with Gasteiger partial charge < -0.3 is 14.8 Å². The van der Waals surface area contributed by atoms with Crippen LogP contribution in [-0.2, 0) is 9.59 Å². The molecule has 1 N–H and O–H groups in total. The van der Waals surface area contributed by atoms with Gasteiger partial charge in [-0.25, -0.2) is 9.97 Å². The first-order chi connectivity index (χ1) is 14.9. The van der Waals surface area contributed by atoms with Crippen LogP contribution in [0.2, 0.25) is 0 Å². The van der Waals surface area contributed by atoms with Crippen LogP contribution in [0.3, 0.4) is 0 Å². The van der Waals surface area contributed by atoms with Crippen molar-refractivity contribution in [1.82, 2.24) is 9.97 Å². The average molecular weight is 436 g/mol. The minimum atomic E-state index is -0.740. The van der Waals surface area contributed by atoms with Gasteiger partial charge in [-0.15, -0.1) is 0 Å². The SMILES string of the molecule is Cc1ccccc1Nc1ncnc2cc(OC(=O)C(C)(C)C)c(OC(=O)C(C)(C)C)cc12. The third-order valence-corrected chi connectivity index (χ3v) is 4.73. The average Bonchev–Trinajstić information content (AvgIpc) is 2.69. The Bertz CT molecular complexity index is 1170. The molecule has 0 fully saturated rings. The molecule has 0 unspecified atom stereocenters. The number of esters is 2. The second kappa shape index (κ2) is 8.57. The molecule has 168 valence electrons. The molecule has 1 heterocycles. The van der Waals surface area contributed by atoms with Crippen LogP contribution in [0.4, 0.5) is 11.5 Å². The Balaban J connectivity index is 2.12. The Kier molecular flexibility index (Phi) is 6.21. The third-order valence-electron chi connectivity index (χ3n) is 4.73. The lowest BCUT2D eigenvalue weighted by Gasteiger charge is -2.21. The van der Waals surface area contributed by atoms with E-state index in [0.29, 0.717) is 16.7 Å². The smallest absolute Gasteiger partial charge is 0.316 e. The van der Waals surface area contributed by atoms with E-state index in [1.54, 1.807) is 53.7 Å². The summed E-state index contributed by atoms with van der Waals surface area (Å²) in [7, 11) is 0. The number of fused-ring (bicyclic) bond motifs is 1. The maximum absolute atomic E-state index is 12.6. The first-order valence-corrected chi connectivity index (χ1v) is 10.4. The molecule has 7 heteroatoms. The van der Waals surface area contributed by atoms with Crippen LogP contribution < -0.4 is 14.8 Å². The van der Waals surface area contributed by atoms with Crippen LogP contribution in [0.25, 0.3) is 10.9 Å². The fraction of sp³-hybridized carbons (Fsp3) is 0.360. The number of carbonyl (C=O) groups is 2. The van der Waals surface area contributed by atoms with Crippen molar-refractivity contribution >= 4 is 34.3 Å². The molecule has 0 radical (unpaired) electrons. The number of hydrogen-bond donors (Lipinski definition) is 1. The summed E-state index contributed by atoms with van der Waals surface area (Å²) < 4.78 is 11.3. The van der Waals surface area contributed by atoms with Gasteiger partial charge in [0.2, 0.25) is 0 Å². The lowest BCUT2D eigenvalue weighted by molar-refractivity contribution is -0.145. The number of ether oxygens (including phenoxy) is 2. The molecule has 0 aliphatic heterocycles. The van der Waals surface area contributed by atoms with Crippen LogP contribution in [0, 0.1) is 17.8 Å². The molecule has 0 saturated heterocycles. The van der Waals surface area contributed by atoms with E-state index < -0.39 is 22.8 Å². The molecule has 7 nitrogen and oxygen atoms in total. The van der Waals surface area contributed by atoms with E-state index in [4.69, 9.17) is 9.47 Å². The van der Waals surface area contributed by atoms with Crippen molar-refractivity contribution in [1.29, 1.82) is 0 Å². The molecule has 2 aromatic carbocycles. The normalized spacial score (nSPS) is 11.8. The Morgan fingerprint density at radius 2 is 1.41 bits per heavy atom. The van der Waals surface area contributed by atoms with Gasteiger partial charge in [0, 0.05) is 17.1 Å². The van der Waals surface area contributed by atoms with E-state index in [0.717, 1.165) is 11.3 Å². The summed E-state index contributed by atoms with van der Waals surface area (Å²) in [5.41, 5.74) is 1.01. The number of aryl methyl sites for hydroxylation is 1. The lowest BCUT2D eigenvalue weighted by atomic mass is 9.97. The molecule has 3 rings (SSSR count). The fourth-order valence-electron chi connectivity index (χ4n) is 2.67. The summed E-state index contributed by atoms with van der Waals surface area (Å²) in [6, 6.07) is 11.0. The first kappa shape index (κ1) is 23.2. The molecular formula is C25H29N3O4. The molecule has 0 spiro atoms. The van der Waals surface area contributed by atoms with E-state index in [-0.39, 0.29) is 11.5 Å². The van der Waals surface area contributed by atoms with Gasteiger partial charge in [0.1, 0.15) is 12.1 Å². The standard InChI is InChI=1S/C25H29N3O4/c1-15-10-8-9-11-17(15)28-21-16-12-19(31-22(29)24(2,3)4)20(13-18(16)26-14-27-21)32-23(30)25(5,6)7/h8-14H,1-7H3,(H,26,27,28). The van der Waals surface area contributed by atoms with Crippen LogP contribution in [0.15, 0.2) is 42.7 Å². The topological polar surface area (TPSA) is 90.4 Å². The van der Waals surface area contributed by atoms with Crippen LogP contribution >= 0.6 is 0 Å². The van der Waals surface area contributed by atoms with E-state index >= 15 is 0 Å². The van der Waals surface area contributed by atoms with Crippen molar-refractivity contribution in [3.05, 3.63) is 48.3 Å². The van der Waals surface area contributed by atoms with Gasteiger partial charge in [-0.3, -0.25) is 9.59 Å². The zero-order valence-corrected chi connectivity index (χ0v) is 19.6. The second-order valence-electron chi connectivity index (χ2n) is 9.76. The highest BCUT2D eigenvalue weighted by atomic mass is 16.6. The van der Waals surface area contributed by atoms with E-state index in [9.17, 15) is 9.59 Å². The zero-order chi connectivity index (χ0) is 23.7. The van der Waals surface area contributed by atoms with Gasteiger partial charge in [0.15, 0.2) is 11.5 Å². The fourth-order valence-corrected chi connectivity index (χ4v) is 2.67. The third kappa shape index (κ3) is 5.22. The number of aromatic nitrogens is 2. The number of rotatable bonds is 4.